The molecule has 4 heterocycles. The molecule has 0 bridgehead atoms. The summed E-state index contributed by atoms with van der Waals surface area (Å²) >= 11 is 1.70. The van der Waals surface area contributed by atoms with Crippen molar-refractivity contribution in [2.75, 3.05) is 6.79 Å². The van der Waals surface area contributed by atoms with Gasteiger partial charge in [0.2, 0.25) is 6.79 Å². The highest BCUT2D eigenvalue weighted by Gasteiger charge is 2.33. The molecule has 0 radical (unpaired) electrons. The van der Waals surface area contributed by atoms with Gasteiger partial charge in [0.1, 0.15) is 0 Å². The first-order valence-electron chi connectivity index (χ1n) is 11.7. The van der Waals surface area contributed by atoms with Crippen molar-refractivity contribution in [3.05, 3.63) is 62.3 Å². The second kappa shape index (κ2) is 9.09. The number of H-pyrrole nitrogens is 1. The fourth-order valence-corrected chi connectivity index (χ4v) is 5.30. The molecule has 0 amide bonds. The van der Waals surface area contributed by atoms with Crippen LogP contribution in [0.2, 0.25) is 0 Å². The summed E-state index contributed by atoms with van der Waals surface area (Å²) in [6.45, 7) is 11.9. The van der Waals surface area contributed by atoms with Crippen LogP contribution in [0.4, 0.5) is 0 Å². The maximum Gasteiger partial charge on any atom is 0.252 e. The first-order chi connectivity index (χ1) is 16.7. The summed E-state index contributed by atoms with van der Waals surface area (Å²) in [5.74, 6) is 2.34. The monoisotopic (exact) mass is 494 g/mol. The lowest BCUT2D eigenvalue weighted by molar-refractivity contribution is 0.121. The Morgan fingerprint density at radius 1 is 1.17 bits per heavy atom. The van der Waals surface area contributed by atoms with Gasteiger partial charge in [0.25, 0.3) is 5.56 Å². The number of nitrogens with zero attached hydrogens (tertiary/aromatic N) is 5. The number of fused-ring (bicyclic) bond motifs is 2. The third-order valence-electron chi connectivity index (χ3n) is 6.15. The Balaban J connectivity index is 1.57. The zero-order valence-electron chi connectivity index (χ0n) is 20.6. The zero-order valence-corrected chi connectivity index (χ0v) is 21.4. The van der Waals surface area contributed by atoms with E-state index in [2.05, 4.69) is 71.5 Å². The standard InChI is InChI=1S/C25H30N6O3S/c1-15(2)22(23-27-28-29-31(23)25(3,4)5)30(13-18-7-6-8-35-18)12-17-9-16-10-20-21(34-14-33-20)11-19(16)26-24(17)32/h6-11,15,22H,12-14H2,1-5H3,(H,26,32). The van der Waals surface area contributed by atoms with Crippen LogP contribution in [0.15, 0.2) is 40.5 Å². The summed E-state index contributed by atoms with van der Waals surface area (Å²) in [7, 11) is 0. The largest absolute Gasteiger partial charge is 0.454 e. The average molecular weight is 495 g/mol. The van der Waals surface area contributed by atoms with E-state index in [1.54, 1.807) is 11.3 Å². The summed E-state index contributed by atoms with van der Waals surface area (Å²) < 4.78 is 12.9. The summed E-state index contributed by atoms with van der Waals surface area (Å²) in [5, 5.41) is 15.8. The molecule has 1 aliphatic rings. The van der Waals surface area contributed by atoms with Gasteiger partial charge in [-0.25, -0.2) is 4.68 Å². The number of hydrogen-bond acceptors (Lipinski definition) is 8. The second-order valence-electron chi connectivity index (χ2n) is 10.2. The van der Waals surface area contributed by atoms with Gasteiger partial charge in [-0.05, 0) is 60.7 Å². The average Bonchev–Trinajstić information content (AvgIpc) is 3.54. The minimum Gasteiger partial charge on any atom is -0.454 e. The van der Waals surface area contributed by atoms with E-state index in [1.807, 2.05) is 28.9 Å². The van der Waals surface area contributed by atoms with Gasteiger partial charge in [-0.15, -0.1) is 16.4 Å². The molecule has 1 N–H and O–H groups in total. The van der Waals surface area contributed by atoms with Gasteiger partial charge >= 0.3 is 0 Å². The highest BCUT2D eigenvalue weighted by molar-refractivity contribution is 7.09. The van der Waals surface area contributed by atoms with Gasteiger partial charge in [-0.1, -0.05) is 19.9 Å². The van der Waals surface area contributed by atoms with Crippen LogP contribution < -0.4 is 15.0 Å². The van der Waals surface area contributed by atoms with Gasteiger partial charge in [-0.2, -0.15) is 0 Å². The van der Waals surface area contributed by atoms with E-state index in [0.717, 1.165) is 16.7 Å². The van der Waals surface area contributed by atoms with E-state index in [4.69, 9.17) is 9.47 Å². The Bertz CT molecular complexity index is 1390. The van der Waals surface area contributed by atoms with Gasteiger partial charge in [-0.3, -0.25) is 9.69 Å². The van der Waals surface area contributed by atoms with E-state index in [0.29, 0.717) is 30.2 Å². The maximum absolute atomic E-state index is 13.2. The Morgan fingerprint density at radius 2 is 1.94 bits per heavy atom. The van der Waals surface area contributed by atoms with E-state index < -0.39 is 0 Å². The number of rotatable bonds is 7. The van der Waals surface area contributed by atoms with Gasteiger partial charge in [0.05, 0.1) is 17.1 Å². The van der Waals surface area contributed by atoms with Gasteiger partial charge in [0.15, 0.2) is 17.3 Å². The molecule has 184 valence electrons. The van der Waals surface area contributed by atoms with Gasteiger partial charge < -0.3 is 14.5 Å². The molecule has 1 atom stereocenters. The van der Waals surface area contributed by atoms with Crippen molar-refractivity contribution in [3.8, 4) is 11.5 Å². The predicted octanol–water partition coefficient (Wildman–Crippen LogP) is 4.46. The fourth-order valence-electron chi connectivity index (χ4n) is 4.57. The topological polar surface area (TPSA) is 98.2 Å². The molecule has 10 heteroatoms. The number of aromatic amines is 1. The van der Waals surface area contributed by atoms with Crippen LogP contribution in [0.5, 0.6) is 11.5 Å². The Labute approximate surface area is 207 Å². The molecule has 1 aromatic carbocycles. The van der Waals surface area contributed by atoms with E-state index >= 15 is 0 Å². The van der Waals surface area contributed by atoms with Crippen molar-refractivity contribution in [1.82, 2.24) is 30.1 Å². The number of tetrazole rings is 1. The Morgan fingerprint density at radius 3 is 2.63 bits per heavy atom. The van der Waals surface area contributed by atoms with E-state index in [9.17, 15) is 4.79 Å². The summed E-state index contributed by atoms with van der Waals surface area (Å²) in [4.78, 5) is 19.7. The molecule has 3 aromatic heterocycles. The highest BCUT2D eigenvalue weighted by Crippen LogP contribution is 2.36. The molecular weight excluding hydrogens is 464 g/mol. The van der Waals surface area contributed by atoms with Crippen LogP contribution in [0.25, 0.3) is 10.9 Å². The number of aromatic nitrogens is 5. The van der Waals surface area contributed by atoms with Crippen molar-refractivity contribution in [2.24, 2.45) is 5.92 Å². The lowest BCUT2D eigenvalue weighted by Gasteiger charge is -2.34. The number of nitrogens with one attached hydrogen (secondary N) is 1. The third kappa shape index (κ3) is 4.68. The van der Waals surface area contributed by atoms with Crippen molar-refractivity contribution in [2.45, 2.75) is 59.3 Å². The second-order valence-corrected chi connectivity index (χ2v) is 11.2. The molecule has 1 unspecified atom stereocenters. The van der Waals surface area contributed by atoms with Crippen LogP contribution in [-0.2, 0) is 18.6 Å². The molecule has 9 nitrogen and oxygen atoms in total. The smallest absolute Gasteiger partial charge is 0.252 e. The normalized spacial score (nSPS) is 14.4. The molecule has 0 saturated heterocycles. The minimum absolute atomic E-state index is 0.0989. The maximum atomic E-state index is 13.2. The van der Waals surface area contributed by atoms with Gasteiger partial charge in [0, 0.05) is 35.0 Å². The highest BCUT2D eigenvalue weighted by atomic mass is 32.1. The Kier molecular flexibility index (Phi) is 6.10. The van der Waals surface area contributed by atoms with Crippen molar-refractivity contribution in [1.29, 1.82) is 0 Å². The molecule has 4 aromatic rings. The first kappa shape index (κ1) is 23.5. The molecule has 35 heavy (non-hydrogen) atoms. The number of thiophene rings is 1. The molecular formula is C25H30N6O3S. The van der Waals surface area contributed by atoms with Crippen LogP contribution >= 0.6 is 11.3 Å². The van der Waals surface area contributed by atoms with E-state index in [1.165, 1.54) is 4.88 Å². The van der Waals surface area contributed by atoms with Crippen LogP contribution in [0.1, 0.15) is 56.9 Å². The quantitative estimate of drug-likeness (QED) is 0.405. The molecule has 0 aliphatic carbocycles. The molecule has 0 fully saturated rings. The number of pyridine rings is 1. The first-order valence-corrected chi connectivity index (χ1v) is 12.6. The Hall–Kier alpha value is -3.24. The van der Waals surface area contributed by atoms with Crippen LogP contribution in [0, 0.1) is 5.92 Å². The fraction of sp³-hybridized carbons (Fsp3) is 0.440. The minimum atomic E-state index is -0.274. The lowest BCUT2D eigenvalue weighted by Crippen LogP contribution is -2.37. The summed E-state index contributed by atoms with van der Waals surface area (Å²) in [6.07, 6.45) is 0. The number of ether oxygens (including phenoxy) is 2. The van der Waals surface area contributed by atoms with Crippen LogP contribution in [-0.4, -0.2) is 36.9 Å². The lowest BCUT2D eigenvalue weighted by atomic mass is 9.99. The molecule has 5 rings (SSSR count). The SMILES string of the molecule is CC(C)C(c1nnnn1C(C)(C)C)N(Cc1cccs1)Cc1cc2cc3c(cc2[nH]c1=O)OCO3. The number of benzene rings is 1. The number of hydrogen-bond donors (Lipinski definition) is 1. The molecule has 0 spiro atoms. The zero-order chi connectivity index (χ0) is 24.7. The van der Waals surface area contributed by atoms with Crippen molar-refractivity contribution < 1.29 is 9.47 Å². The molecule has 1 aliphatic heterocycles. The summed E-state index contributed by atoms with van der Waals surface area (Å²) in [5.41, 5.74) is 1.01. The summed E-state index contributed by atoms with van der Waals surface area (Å²) in [6, 6.07) is 9.75. The van der Waals surface area contributed by atoms with Crippen molar-refractivity contribution >= 4 is 22.2 Å². The van der Waals surface area contributed by atoms with Crippen LogP contribution in [0.3, 0.4) is 0 Å². The predicted molar refractivity (Wildman–Crippen MR) is 135 cm³/mol. The third-order valence-corrected chi connectivity index (χ3v) is 7.01. The van der Waals surface area contributed by atoms with E-state index in [-0.39, 0.29) is 29.9 Å². The molecule has 0 saturated carbocycles. The van der Waals surface area contributed by atoms with Crippen molar-refractivity contribution in [3.63, 3.8) is 0 Å².